The van der Waals surface area contributed by atoms with Crippen LogP contribution in [-0.2, 0) is 10.0 Å². The molecule has 0 radical (unpaired) electrons. The molecule has 4 nitrogen and oxygen atoms in total. The SMILES string of the molecule is O=S(=O)(CCC1CCCCN1)NC1CC2CCC1C2. The van der Waals surface area contributed by atoms with Gasteiger partial charge in [0, 0.05) is 12.1 Å². The molecule has 2 saturated carbocycles. The molecule has 0 spiro atoms. The first-order valence-corrected chi connectivity index (χ1v) is 9.51. The van der Waals surface area contributed by atoms with Crippen LogP contribution in [0.3, 0.4) is 0 Å². The lowest BCUT2D eigenvalue weighted by Crippen LogP contribution is -2.42. The van der Waals surface area contributed by atoms with Gasteiger partial charge in [-0.1, -0.05) is 12.8 Å². The fourth-order valence-corrected chi connectivity index (χ4v) is 5.61. The van der Waals surface area contributed by atoms with Gasteiger partial charge in [-0.15, -0.1) is 0 Å². The Morgan fingerprint density at radius 1 is 1.11 bits per heavy atom. The highest BCUT2D eigenvalue weighted by molar-refractivity contribution is 7.89. The summed E-state index contributed by atoms with van der Waals surface area (Å²) in [6.45, 7) is 1.05. The molecule has 2 N–H and O–H groups in total. The Kier molecular flexibility index (Phi) is 4.15. The minimum Gasteiger partial charge on any atom is -0.314 e. The van der Waals surface area contributed by atoms with Gasteiger partial charge >= 0.3 is 0 Å². The molecule has 0 aromatic carbocycles. The Balaban J connectivity index is 1.46. The molecular formula is C14H26N2O2S. The van der Waals surface area contributed by atoms with Crippen molar-refractivity contribution in [1.82, 2.24) is 10.0 Å². The smallest absolute Gasteiger partial charge is 0.211 e. The standard InChI is InChI=1S/C14H26N2O2S/c17-19(18,8-6-13-3-1-2-7-15-13)16-14-10-11-4-5-12(14)9-11/h11-16H,1-10H2. The van der Waals surface area contributed by atoms with Crippen LogP contribution < -0.4 is 10.0 Å². The third-order valence-corrected chi connectivity index (χ3v) is 6.65. The summed E-state index contributed by atoms with van der Waals surface area (Å²) in [6, 6.07) is 0.647. The molecule has 0 aromatic heterocycles. The van der Waals surface area contributed by atoms with E-state index in [-0.39, 0.29) is 6.04 Å². The van der Waals surface area contributed by atoms with Crippen LogP contribution in [0.2, 0.25) is 0 Å². The highest BCUT2D eigenvalue weighted by atomic mass is 32.2. The first kappa shape index (κ1) is 13.8. The van der Waals surface area contributed by atoms with Crippen LogP contribution in [-0.4, -0.2) is 32.8 Å². The zero-order valence-electron chi connectivity index (χ0n) is 11.6. The van der Waals surface area contributed by atoms with Gasteiger partial charge in [0.1, 0.15) is 0 Å². The van der Waals surface area contributed by atoms with E-state index in [1.54, 1.807) is 0 Å². The van der Waals surface area contributed by atoms with Crippen molar-refractivity contribution in [2.75, 3.05) is 12.3 Å². The molecule has 3 aliphatic rings. The molecule has 110 valence electrons. The van der Waals surface area contributed by atoms with E-state index in [1.165, 1.54) is 32.1 Å². The molecule has 19 heavy (non-hydrogen) atoms. The van der Waals surface area contributed by atoms with E-state index in [2.05, 4.69) is 10.0 Å². The summed E-state index contributed by atoms with van der Waals surface area (Å²) in [5, 5.41) is 3.42. The molecule has 0 amide bonds. The highest BCUT2D eigenvalue weighted by Crippen LogP contribution is 2.44. The molecular weight excluding hydrogens is 260 g/mol. The quantitative estimate of drug-likeness (QED) is 0.807. The first-order valence-electron chi connectivity index (χ1n) is 7.86. The maximum atomic E-state index is 12.2. The molecule has 0 aromatic rings. The van der Waals surface area contributed by atoms with Crippen LogP contribution >= 0.6 is 0 Å². The zero-order valence-corrected chi connectivity index (χ0v) is 12.4. The van der Waals surface area contributed by atoms with Crippen LogP contribution in [0.25, 0.3) is 0 Å². The Labute approximate surface area is 116 Å². The monoisotopic (exact) mass is 286 g/mol. The van der Waals surface area contributed by atoms with E-state index in [0.29, 0.717) is 17.7 Å². The number of piperidine rings is 1. The van der Waals surface area contributed by atoms with Crippen LogP contribution in [0.4, 0.5) is 0 Å². The third kappa shape index (κ3) is 3.50. The van der Waals surface area contributed by atoms with Crippen LogP contribution in [0.15, 0.2) is 0 Å². The molecule has 4 atom stereocenters. The molecule has 1 heterocycles. The summed E-state index contributed by atoms with van der Waals surface area (Å²) >= 11 is 0. The Bertz CT molecular complexity index is 404. The van der Waals surface area contributed by atoms with E-state index in [0.717, 1.165) is 31.7 Å². The zero-order chi connectivity index (χ0) is 13.3. The number of rotatable bonds is 5. The average Bonchev–Trinajstić information content (AvgIpc) is 2.99. The van der Waals surface area contributed by atoms with E-state index in [1.807, 2.05) is 0 Å². The van der Waals surface area contributed by atoms with Crippen molar-refractivity contribution in [1.29, 1.82) is 0 Å². The summed E-state index contributed by atoms with van der Waals surface area (Å²) in [5.41, 5.74) is 0. The van der Waals surface area contributed by atoms with E-state index < -0.39 is 10.0 Å². The van der Waals surface area contributed by atoms with Gasteiger partial charge in [-0.25, -0.2) is 13.1 Å². The fraction of sp³-hybridized carbons (Fsp3) is 1.00. The third-order valence-electron chi connectivity index (χ3n) is 5.22. The molecule has 2 aliphatic carbocycles. The van der Waals surface area contributed by atoms with E-state index in [9.17, 15) is 8.42 Å². The number of sulfonamides is 1. The van der Waals surface area contributed by atoms with Gasteiger partial charge in [0.2, 0.25) is 10.0 Å². The number of fused-ring (bicyclic) bond motifs is 2. The summed E-state index contributed by atoms with van der Waals surface area (Å²) < 4.78 is 27.3. The van der Waals surface area contributed by atoms with Gasteiger partial charge in [0.15, 0.2) is 0 Å². The molecule has 1 saturated heterocycles. The highest BCUT2D eigenvalue weighted by Gasteiger charge is 2.41. The summed E-state index contributed by atoms with van der Waals surface area (Å²) in [4.78, 5) is 0. The average molecular weight is 286 g/mol. The van der Waals surface area contributed by atoms with Crippen molar-refractivity contribution in [2.24, 2.45) is 11.8 Å². The second-order valence-electron chi connectivity index (χ2n) is 6.65. The van der Waals surface area contributed by atoms with Gasteiger partial charge in [0.25, 0.3) is 0 Å². The molecule has 5 heteroatoms. The summed E-state index contributed by atoms with van der Waals surface area (Å²) in [7, 11) is -3.08. The number of hydrogen-bond acceptors (Lipinski definition) is 3. The second kappa shape index (κ2) is 5.70. The van der Waals surface area contributed by atoms with E-state index in [4.69, 9.17) is 0 Å². The van der Waals surface area contributed by atoms with Crippen LogP contribution in [0, 0.1) is 11.8 Å². The fourth-order valence-electron chi connectivity index (χ4n) is 4.15. The van der Waals surface area contributed by atoms with Gasteiger partial charge < -0.3 is 5.32 Å². The number of nitrogens with one attached hydrogen (secondary N) is 2. The topological polar surface area (TPSA) is 58.2 Å². The van der Waals surface area contributed by atoms with Crippen molar-refractivity contribution < 1.29 is 8.42 Å². The molecule has 1 aliphatic heterocycles. The largest absolute Gasteiger partial charge is 0.314 e. The van der Waals surface area contributed by atoms with Crippen molar-refractivity contribution >= 4 is 10.0 Å². The first-order chi connectivity index (χ1) is 9.12. The Morgan fingerprint density at radius 3 is 2.63 bits per heavy atom. The maximum absolute atomic E-state index is 12.2. The molecule has 3 fully saturated rings. The molecule has 4 unspecified atom stereocenters. The summed E-state index contributed by atoms with van der Waals surface area (Å²) in [6.07, 6.45) is 9.21. The normalized spacial score (nSPS) is 38.7. The molecule has 2 bridgehead atoms. The Hall–Kier alpha value is -0.130. The Morgan fingerprint density at radius 2 is 2.00 bits per heavy atom. The van der Waals surface area contributed by atoms with Gasteiger partial charge in [0.05, 0.1) is 5.75 Å². The minimum atomic E-state index is -3.08. The van der Waals surface area contributed by atoms with Crippen LogP contribution in [0.1, 0.15) is 51.4 Å². The predicted molar refractivity (Wildman–Crippen MR) is 76.4 cm³/mol. The lowest BCUT2D eigenvalue weighted by molar-refractivity contribution is 0.382. The van der Waals surface area contributed by atoms with Crippen molar-refractivity contribution in [2.45, 2.75) is 63.5 Å². The van der Waals surface area contributed by atoms with E-state index >= 15 is 0 Å². The summed E-state index contributed by atoms with van der Waals surface area (Å²) in [5.74, 6) is 1.70. The lowest BCUT2D eigenvalue weighted by atomic mass is 9.96. The van der Waals surface area contributed by atoms with Crippen molar-refractivity contribution in [3.05, 3.63) is 0 Å². The lowest BCUT2D eigenvalue weighted by Gasteiger charge is -2.25. The van der Waals surface area contributed by atoms with Crippen molar-refractivity contribution in [3.63, 3.8) is 0 Å². The van der Waals surface area contributed by atoms with Gasteiger partial charge in [-0.2, -0.15) is 0 Å². The second-order valence-corrected chi connectivity index (χ2v) is 8.53. The minimum absolute atomic E-state index is 0.239. The van der Waals surface area contributed by atoms with Crippen molar-refractivity contribution in [3.8, 4) is 0 Å². The van der Waals surface area contributed by atoms with Gasteiger partial charge in [-0.3, -0.25) is 0 Å². The van der Waals surface area contributed by atoms with Gasteiger partial charge in [-0.05, 0) is 56.9 Å². The number of hydrogen-bond donors (Lipinski definition) is 2. The predicted octanol–water partition coefficient (Wildman–Crippen LogP) is 1.63. The molecule has 3 rings (SSSR count). The van der Waals surface area contributed by atoms with Crippen LogP contribution in [0.5, 0.6) is 0 Å². The maximum Gasteiger partial charge on any atom is 0.211 e.